The van der Waals surface area contributed by atoms with Crippen LogP contribution in [0.15, 0.2) is 24.3 Å². The number of nitrogens with one attached hydrogen (secondary N) is 1. The highest BCUT2D eigenvalue weighted by atomic mass is 35.5. The van der Waals surface area contributed by atoms with Crippen molar-refractivity contribution in [3.8, 4) is 0 Å². The van der Waals surface area contributed by atoms with E-state index < -0.39 is 11.3 Å². The lowest BCUT2D eigenvalue weighted by Crippen LogP contribution is -2.29. The Hall–Kier alpha value is -0.770. The first-order valence-electron chi connectivity index (χ1n) is 4.80. The zero-order chi connectivity index (χ0) is 12.0. The number of ether oxygens (including phenoxy) is 1. The number of alkyl halides is 1. The van der Waals surface area contributed by atoms with E-state index in [1.165, 1.54) is 7.11 Å². The third-order valence-electron chi connectivity index (χ3n) is 2.00. The standard InChI is InChI=1S/C11H13Cl2NO2/c1-16-11(15)10(13)7-14-6-8-3-2-4-9(12)5-8/h2-5,10,14H,6-7H2,1H3. The molecule has 0 heterocycles. The summed E-state index contributed by atoms with van der Waals surface area (Å²) in [6.45, 7) is 0.974. The predicted molar refractivity (Wildman–Crippen MR) is 64.8 cm³/mol. The SMILES string of the molecule is COC(=O)C(Cl)CNCc1cccc(Cl)c1. The van der Waals surface area contributed by atoms with Crippen LogP contribution in [0.2, 0.25) is 5.02 Å². The molecule has 1 rings (SSSR count). The van der Waals surface area contributed by atoms with Gasteiger partial charge < -0.3 is 10.1 Å². The molecular weight excluding hydrogens is 249 g/mol. The molecular formula is C11H13Cl2NO2. The average Bonchev–Trinajstić information content (AvgIpc) is 2.28. The van der Waals surface area contributed by atoms with Crippen LogP contribution in [-0.2, 0) is 16.1 Å². The number of methoxy groups -OCH3 is 1. The normalized spacial score (nSPS) is 12.2. The van der Waals surface area contributed by atoms with Crippen molar-refractivity contribution in [2.24, 2.45) is 0 Å². The molecule has 1 N–H and O–H groups in total. The summed E-state index contributed by atoms with van der Waals surface area (Å²) >= 11 is 11.6. The molecule has 0 spiro atoms. The Kier molecular flexibility index (Phi) is 5.60. The maximum absolute atomic E-state index is 11.0. The van der Waals surface area contributed by atoms with Crippen LogP contribution < -0.4 is 5.32 Å². The number of benzene rings is 1. The van der Waals surface area contributed by atoms with E-state index in [0.717, 1.165) is 5.56 Å². The number of hydrogen-bond donors (Lipinski definition) is 1. The Labute approximate surface area is 105 Å². The molecule has 0 fully saturated rings. The average molecular weight is 262 g/mol. The molecule has 1 aromatic carbocycles. The Morgan fingerprint density at radius 3 is 2.94 bits per heavy atom. The molecule has 1 unspecified atom stereocenters. The molecule has 0 aliphatic carbocycles. The van der Waals surface area contributed by atoms with Gasteiger partial charge in [0.15, 0.2) is 0 Å². The van der Waals surface area contributed by atoms with Gasteiger partial charge in [0.1, 0.15) is 5.38 Å². The van der Waals surface area contributed by atoms with Crippen molar-refractivity contribution in [2.45, 2.75) is 11.9 Å². The third kappa shape index (κ3) is 4.39. The quantitative estimate of drug-likeness (QED) is 0.653. The van der Waals surface area contributed by atoms with Crippen LogP contribution in [0.1, 0.15) is 5.56 Å². The predicted octanol–water partition coefficient (Wildman–Crippen LogP) is 2.21. The van der Waals surface area contributed by atoms with Crippen LogP contribution in [0, 0.1) is 0 Å². The number of carbonyl (C=O) groups excluding carboxylic acids is 1. The van der Waals surface area contributed by atoms with Crippen LogP contribution in [0.3, 0.4) is 0 Å². The number of rotatable bonds is 5. The van der Waals surface area contributed by atoms with Gasteiger partial charge in [0.25, 0.3) is 0 Å². The fourth-order valence-corrected chi connectivity index (χ4v) is 1.61. The van der Waals surface area contributed by atoms with Gasteiger partial charge in [-0.15, -0.1) is 11.6 Å². The summed E-state index contributed by atoms with van der Waals surface area (Å²) in [4.78, 5) is 11.0. The lowest BCUT2D eigenvalue weighted by molar-refractivity contribution is -0.140. The van der Waals surface area contributed by atoms with Crippen molar-refractivity contribution in [3.05, 3.63) is 34.9 Å². The summed E-state index contributed by atoms with van der Waals surface area (Å²) < 4.78 is 4.50. The second-order valence-electron chi connectivity index (χ2n) is 3.25. The van der Waals surface area contributed by atoms with Crippen LogP contribution in [-0.4, -0.2) is 25.0 Å². The van der Waals surface area contributed by atoms with Gasteiger partial charge in [-0.1, -0.05) is 23.7 Å². The molecule has 0 aliphatic heterocycles. The molecule has 1 aromatic rings. The minimum absolute atomic E-state index is 0.362. The molecule has 88 valence electrons. The highest BCUT2D eigenvalue weighted by Crippen LogP contribution is 2.10. The number of carbonyl (C=O) groups is 1. The second kappa shape index (κ2) is 6.74. The van der Waals surface area contributed by atoms with Gasteiger partial charge in [-0.3, -0.25) is 4.79 Å². The Bertz CT molecular complexity index is 358. The zero-order valence-electron chi connectivity index (χ0n) is 8.87. The Balaban J connectivity index is 2.33. The first kappa shape index (κ1) is 13.3. The maximum Gasteiger partial charge on any atom is 0.325 e. The molecule has 5 heteroatoms. The zero-order valence-corrected chi connectivity index (χ0v) is 10.4. The van der Waals surface area contributed by atoms with Crippen molar-refractivity contribution >= 4 is 29.2 Å². The molecule has 0 radical (unpaired) electrons. The molecule has 0 saturated heterocycles. The molecule has 0 bridgehead atoms. The van der Waals surface area contributed by atoms with Gasteiger partial charge >= 0.3 is 5.97 Å². The van der Waals surface area contributed by atoms with E-state index in [1.807, 2.05) is 24.3 Å². The van der Waals surface area contributed by atoms with Crippen molar-refractivity contribution in [1.29, 1.82) is 0 Å². The molecule has 0 saturated carbocycles. The van der Waals surface area contributed by atoms with Crippen LogP contribution in [0.25, 0.3) is 0 Å². The summed E-state index contributed by atoms with van der Waals surface area (Å²) in [6, 6.07) is 7.48. The highest BCUT2D eigenvalue weighted by molar-refractivity contribution is 6.30. The highest BCUT2D eigenvalue weighted by Gasteiger charge is 2.14. The minimum atomic E-state index is -0.663. The summed E-state index contributed by atoms with van der Waals surface area (Å²) in [6.07, 6.45) is 0. The second-order valence-corrected chi connectivity index (χ2v) is 4.21. The summed E-state index contributed by atoms with van der Waals surface area (Å²) in [5.41, 5.74) is 1.04. The number of hydrogen-bond acceptors (Lipinski definition) is 3. The molecule has 16 heavy (non-hydrogen) atoms. The molecule has 3 nitrogen and oxygen atoms in total. The van der Waals surface area contributed by atoms with Gasteiger partial charge in [0, 0.05) is 18.1 Å². The van der Waals surface area contributed by atoms with Gasteiger partial charge in [-0.2, -0.15) is 0 Å². The monoisotopic (exact) mass is 261 g/mol. The molecule has 1 atom stereocenters. The van der Waals surface area contributed by atoms with Crippen molar-refractivity contribution < 1.29 is 9.53 Å². The number of esters is 1. The summed E-state index contributed by atoms with van der Waals surface area (Å²) in [5, 5.41) is 3.08. The van der Waals surface area contributed by atoms with E-state index in [1.54, 1.807) is 0 Å². The fraction of sp³-hybridized carbons (Fsp3) is 0.364. The van der Waals surface area contributed by atoms with Gasteiger partial charge in [0.2, 0.25) is 0 Å². The summed E-state index contributed by atoms with van der Waals surface area (Å²) in [7, 11) is 1.31. The van der Waals surface area contributed by atoms with E-state index in [2.05, 4.69) is 10.1 Å². The smallest absolute Gasteiger partial charge is 0.325 e. The first-order valence-corrected chi connectivity index (χ1v) is 5.62. The van der Waals surface area contributed by atoms with Crippen LogP contribution >= 0.6 is 23.2 Å². The number of halogens is 2. The van der Waals surface area contributed by atoms with E-state index in [0.29, 0.717) is 18.1 Å². The minimum Gasteiger partial charge on any atom is -0.468 e. The first-order chi connectivity index (χ1) is 7.63. The van der Waals surface area contributed by atoms with Gasteiger partial charge in [-0.25, -0.2) is 0 Å². The van der Waals surface area contributed by atoms with E-state index >= 15 is 0 Å². The van der Waals surface area contributed by atoms with Gasteiger partial charge in [0.05, 0.1) is 7.11 Å². The fourth-order valence-electron chi connectivity index (χ4n) is 1.20. The lowest BCUT2D eigenvalue weighted by Gasteiger charge is -2.08. The van der Waals surface area contributed by atoms with Crippen molar-refractivity contribution in [2.75, 3.05) is 13.7 Å². The van der Waals surface area contributed by atoms with Gasteiger partial charge in [-0.05, 0) is 17.7 Å². The lowest BCUT2D eigenvalue weighted by atomic mass is 10.2. The topological polar surface area (TPSA) is 38.3 Å². The Morgan fingerprint density at radius 2 is 2.31 bits per heavy atom. The van der Waals surface area contributed by atoms with E-state index in [-0.39, 0.29) is 0 Å². The largest absolute Gasteiger partial charge is 0.468 e. The summed E-state index contributed by atoms with van der Waals surface area (Å²) in [5.74, 6) is -0.430. The molecule has 0 aromatic heterocycles. The molecule has 0 aliphatic rings. The maximum atomic E-state index is 11.0. The molecule has 0 amide bonds. The Morgan fingerprint density at radius 1 is 1.56 bits per heavy atom. The van der Waals surface area contributed by atoms with Crippen LogP contribution in [0.4, 0.5) is 0 Å². The van der Waals surface area contributed by atoms with Crippen molar-refractivity contribution in [3.63, 3.8) is 0 Å². The van der Waals surface area contributed by atoms with E-state index in [4.69, 9.17) is 23.2 Å². The third-order valence-corrected chi connectivity index (χ3v) is 2.57. The van der Waals surface area contributed by atoms with Crippen LogP contribution in [0.5, 0.6) is 0 Å². The van der Waals surface area contributed by atoms with E-state index in [9.17, 15) is 4.79 Å². The van der Waals surface area contributed by atoms with Crippen molar-refractivity contribution in [1.82, 2.24) is 5.32 Å².